The zero-order valence-electron chi connectivity index (χ0n) is 10.8. The number of fused-ring (bicyclic) bond motifs is 1. The van der Waals surface area contributed by atoms with Crippen LogP contribution in [0.25, 0.3) is 0 Å². The monoisotopic (exact) mass is 412 g/mol. The fourth-order valence-corrected chi connectivity index (χ4v) is 3.28. The quantitative estimate of drug-likeness (QED) is 0.811. The predicted octanol–water partition coefficient (Wildman–Crippen LogP) is 3.90. The highest BCUT2D eigenvalue weighted by atomic mass is 79.9. The first-order valence-corrected chi connectivity index (χ1v) is 7.86. The van der Waals surface area contributed by atoms with Crippen LogP contribution < -0.4 is 10.6 Å². The average Bonchev–Trinajstić information content (AvgIpc) is 2.66. The SMILES string of the molecule is NC1C(=O)N(Cc2ccc(F)cc2Br)c2ccc(Br)cc21. The Labute approximate surface area is 138 Å². The Morgan fingerprint density at radius 2 is 1.95 bits per heavy atom. The fraction of sp³-hybridized carbons (Fsp3) is 0.133. The number of hydrogen-bond acceptors (Lipinski definition) is 2. The largest absolute Gasteiger partial charge is 0.316 e. The van der Waals surface area contributed by atoms with Gasteiger partial charge in [-0.15, -0.1) is 0 Å². The number of anilines is 1. The van der Waals surface area contributed by atoms with Crippen LogP contribution in [-0.4, -0.2) is 5.91 Å². The number of amides is 1. The van der Waals surface area contributed by atoms with Crippen molar-refractivity contribution in [2.24, 2.45) is 5.73 Å². The van der Waals surface area contributed by atoms with Crippen molar-refractivity contribution in [3.8, 4) is 0 Å². The molecule has 0 aromatic heterocycles. The maximum atomic E-state index is 13.1. The summed E-state index contributed by atoms with van der Waals surface area (Å²) in [4.78, 5) is 14.0. The molecule has 1 amide bonds. The minimum Gasteiger partial charge on any atom is -0.316 e. The molecular formula is C15H11Br2FN2O. The molecule has 0 fully saturated rings. The molecule has 1 heterocycles. The lowest BCUT2D eigenvalue weighted by Crippen LogP contribution is -2.31. The van der Waals surface area contributed by atoms with Gasteiger partial charge in [0.1, 0.15) is 11.9 Å². The molecule has 1 atom stereocenters. The number of benzene rings is 2. The maximum absolute atomic E-state index is 13.1. The smallest absolute Gasteiger partial charge is 0.248 e. The van der Waals surface area contributed by atoms with Crippen LogP contribution in [0.2, 0.25) is 0 Å². The van der Waals surface area contributed by atoms with Crippen molar-refractivity contribution < 1.29 is 9.18 Å². The molecule has 1 unspecified atom stereocenters. The van der Waals surface area contributed by atoms with Crippen LogP contribution in [0, 0.1) is 5.82 Å². The summed E-state index contributed by atoms with van der Waals surface area (Å²) in [7, 11) is 0. The van der Waals surface area contributed by atoms with Crippen molar-refractivity contribution >= 4 is 43.5 Å². The van der Waals surface area contributed by atoms with Crippen molar-refractivity contribution in [1.29, 1.82) is 0 Å². The third kappa shape index (κ3) is 2.63. The molecule has 3 nitrogen and oxygen atoms in total. The second-order valence-electron chi connectivity index (χ2n) is 4.84. The molecule has 1 aliphatic rings. The summed E-state index contributed by atoms with van der Waals surface area (Å²) in [6, 6.07) is 9.36. The van der Waals surface area contributed by atoms with Crippen molar-refractivity contribution in [2.45, 2.75) is 12.6 Å². The zero-order chi connectivity index (χ0) is 15.1. The van der Waals surface area contributed by atoms with Gasteiger partial charge in [0.15, 0.2) is 0 Å². The maximum Gasteiger partial charge on any atom is 0.248 e. The first-order valence-electron chi connectivity index (χ1n) is 6.27. The summed E-state index contributed by atoms with van der Waals surface area (Å²) < 4.78 is 14.7. The summed E-state index contributed by atoms with van der Waals surface area (Å²) >= 11 is 6.71. The number of nitrogens with zero attached hydrogens (tertiary/aromatic N) is 1. The van der Waals surface area contributed by atoms with Crippen LogP contribution in [0.5, 0.6) is 0 Å². The van der Waals surface area contributed by atoms with Crippen LogP contribution in [0.3, 0.4) is 0 Å². The second-order valence-corrected chi connectivity index (χ2v) is 6.61. The summed E-state index contributed by atoms with van der Waals surface area (Å²) in [5.41, 5.74) is 8.40. The van der Waals surface area contributed by atoms with E-state index >= 15 is 0 Å². The Hall–Kier alpha value is -1.24. The van der Waals surface area contributed by atoms with E-state index in [1.165, 1.54) is 12.1 Å². The lowest BCUT2D eigenvalue weighted by molar-refractivity contribution is -0.119. The van der Waals surface area contributed by atoms with E-state index in [1.807, 2.05) is 18.2 Å². The molecule has 0 aliphatic carbocycles. The van der Waals surface area contributed by atoms with Gasteiger partial charge < -0.3 is 10.6 Å². The highest BCUT2D eigenvalue weighted by molar-refractivity contribution is 9.10. The highest BCUT2D eigenvalue weighted by Crippen LogP contribution is 2.37. The third-order valence-electron chi connectivity index (χ3n) is 3.49. The van der Waals surface area contributed by atoms with Gasteiger partial charge in [0.2, 0.25) is 5.91 Å². The van der Waals surface area contributed by atoms with Gasteiger partial charge in [-0.1, -0.05) is 37.9 Å². The van der Waals surface area contributed by atoms with E-state index in [0.717, 1.165) is 21.3 Å². The number of nitrogens with two attached hydrogens (primary N) is 1. The van der Waals surface area contributed by atoms with E-state index in [9.17, 15) is 9.18 Å². The third-order valence-corrected chi connectivity index (χ3v) is 4.72. The van der Waals surface area contributed by atoms with Gasteiger partial charge in [0.25, 0.3) is 0 Å². The molecule has 21 heavy (non-hydrogen) atoms. The summed E-state index contributed by atoms with van der Waals surface area (Å²) in [5, 5.41) is 0. The van der Waals surface area contributed by atoms with Crippen molar-refractivity contribution in [2.75, 3.05) is 4.90 Å². The van der Waals surface area contributed by atoms with Gasteiger partial charge in [-0.2, -0.15) is 0 Å². The summed E-state index contributed by atoms with van der Waals surface area (Å²) in [6.45, 7) is 0.349. The standard InChI is InChI=1S/C15H11Br2FN2O/c16-9-2-4-13-11(5-9)14(19)15(21)20(13)7-8-1-3-10(18)6-12(8)17/h1-6,14H,7,19H2. The molecule has 2 aromatic rings. The van der Waals surface area contributed by atoms with Gasteiger partial charge in [-0.3, -0.25) is 4.79 Å². The Balaban J connectivity index is 1.98. The molecule has 1 aliphatic heterocycles. The first kappa shape index (κ1) is 14.7. The Kier molecular flexibility index (Phi) is 3.86. The van der Waals surface area contributed by atoms with Crippen LogP contribution >= 0.6 is 31.9 Å². The van der Waals surface area contributed by atoms with Crippen molar-refractivity contribution in [1.82, 2.24) is 0 Å². The van der Waals surface area contributed by atoms with Crippen molar-refractivity contribution in [3.63, 3.8) is 0 Å². The minimum atomic E-state index is -0.656. The van der Waals surface area contributed by atoms with Gasteiger partial charge in [0.05, 0.1) is 6.54 Å². The molecule has 2 aromatic carbocycles. The first-order chi connectivity index (χ1) is 9.97. The van der Waals surface area contributed by atoms with E-state index in [1.54, 1.807) is 11.0 Å². The number of halogens is 3. The van der Waals surface area contributed by atoms with Crippen LogP contribution in [0.15, 0.2) is 45.3 Å². The molecule has 0 spiro atoms. The highest BCUT2D eigenvalue weighted by Gasteiger charge is 2.35. The molecule has 0 saturated heterocycles. The summed E-state index contributed by atoms with van der Waals surface area (Å²) in [5.74, 6) is -0.473. The topological polar surface area (TPSA) is 46.3 Å². The Morgan fingerprint density at radius 3 is 2.67 bits per heavy atom. The van der Waals surface area contributed by atoms with E-state index in [2.05, 4.69) is 31.9 Å². The van der Waals surface area contributed by atoms with Gasteiger partial charge in [-0.25, -0.2) is 4.39 Å². The van der Waals surface area contributed by atoms with Crippen LogP contribution in [0.4, 0.5) is 10.1 Å². The molecule has 3 rings (SSSR count). The predicted molar refractivity (Wildman–Crippen MR) is 86.4 cm³/mol. The minimum absolute atomic E-state index is 0.153. The molecule has 0 bridgehead atoms. The average molecular weight is 414 g/mol. The number of carbonyl (C=O) groups is 1. The van der Waals surface area contributed by atoms with E-state index in [4.69, 9.17) is 5.73 Å². The lowest BCUT2D eigenvalue weighted by atomic mass is 10.1. The van der Waals surface area contributed by atoms with Crippen LogP contribution in [0.1, 0.15) is 17.2 Å². The molecule has 2 N–H and O–H groups in total. The Morgan fingerprint density at radius 1 is 1.19 bits per heavy atom. The molecule has 0 radical (unpaired) electrons. The summed E-state index contributed by atoms with van der Waals surface area (Å²) in [6.07, 6.45) is 0. The van der Waals surface area contributed by atoms with Gasteiger partial charge >= 0.3 is 0 Å². The number of rotatable bonds is 2. The normalized spacial score (nSPS) is 17.2. The number of hydrogen-bond donors (Lipinski definition) is 1. The molecule has 0 saturated carbocycles. The molecular weight excluding hydrogens is 403 g/mol. The van der Waals surface area contributed by atoms with E-state index < -0.39 is 6.04 Å². The van der Waals surface area contributed by atoms with Crippen LogP contribution in [-0.2, 0) is 11.3 Å². The molecule has 108 valence electrons. The van der Waals surface area contributed by atoms with Gasteiger partial charge in [0, 0.05) is 20.2 Å². The number of carbonyl (C=O) groups excluding carboxylic acids is 1. The van der Waals surface area contributed by atoms with E-state index in [0.29, 0.717) is 11.0 Å². The lowest BCUT2D eigenvalue weighted by Gasteiger charge is -2.18. The Bertz CT molecular complexity index is 736. The van der Waals surface area contributed by atoms with E-state index in [-0.39, 0.29) is 11.7 Å². The second kappa shape index (κ2) is 5.51. The fourth-order valence-electron chi connectivity index (χ4n) is 2.42. The van der Waals surface area contributed by atoms with Gasteiger partial charge in [-0.05, 0) is 35.9 Å². The van der Waals surface area contributed by atoms with Crippen molar-refractivity contribution in [3.05, 3.63) is 62.3 Å². The zero-order valence-corrected chi connectivity index (χ0v) is 14.0. The molecule has 6 heteroatoms.